The van der Waals surface area contributed by atoms with E-state index in [1.54, 1.807) is 0 Å². The molecule has 0 saturated heterocycles. The number of unbranched alkanes of at least 4 members (excludes halogenated alkanes) is 15. The van der Waals surface area contributed by atoms with Gasteiger partial charge in [-0.05, 0) is 12.5 Å². The maximum Gasteiger partial charge on any atom is 0.338 e. The van der Waals surface area contributed by atoms with Gasteiger partial charge in [0.05, 0.1) is 30.3 Å². The number of benzene rings is 1. The summed E-state index contributed by atoms with van der Waals surface area (Å²) in [6.07, 6.45) is 20.9. The SMILES string of the molecule is CCCCCCCCCCCCCCCCCCOc1cc(C(=O)OC)cc([N+](=O)[O-])c1. The van der Waals surface area contributed by atoms with Crippen LogP contribution in [0.4, 0.5) is 5.69 Å². The Morgan fingerprint density at radius 2 is 1.25 bits per heavy atom. The highest BCUT2D eigenvalue weighted by atomic mass is 16.6. The summed E-state index contributed by atoms with van der Waals surface area (Å²) in [4.78, 5) is 22.2. The molecule has 1 aromatic carbocycles. The molecule has 0 unspecified atom stereocenters. The summed E-state index contributed by atoms with van der Waals surface area (Å²) in [6.45, 7) is 2.75. The molecule has 0 aliphatic heterocycles. The summed E-state index contributed by atoms with van der Waals surface area (Å²) in [5.74, 6) is -0.276. The molecule has 0 heterocycles. The molecular weight excluding hydrogens is 406 g/mol. The lowest BCUT2D eigenvalue weighted by molar-refractivity contribution is -0.385. The molecule has 0 spiro atoms. The molecule has 0 bridgehead atoms. The first-order chi connectivity index (χ1) is 15.6. The Labute approximate surface area is 194 Å². The van der Waals surface area contributed by atoms with Gasteiger partial charge < -0.3 is 9.47 Å². The van der Waals surface area contributed by atoms with Gasteiger partial charge in [-0.2, -0.15) is 0 Å². The van der Waals surface area contributed by atoms with Crippen molar-refractivity contribution in [2.45, 2.75) is 110 Å². The lowest BCUT2D eigenvalue weighted by Gasteiger charge is -2.08. The molecule has 32 heavy (non-hydrogen) atoms. The van der Waals surface area contributed by atoms with E-state index in [0.717, 1.165) is 12.8 Å². The monoisotopic (exact) mass is 449 g/mol. The Morgan fingerprint density at radius 3 is 1.69 bits per heavy atom. The largest absolute Gasteiger partial charge is 0.493 e. The standard InChI is InChI=1S/C26H43NO5/c1-3-4-5-6-7-8-9-10-11-12-13-14-15-16-17-18-19-32-25-21-23(26(28)31-2)20-24(22-25)27(29)30/h20-22H,3-19H2,1-2H3. The van der Waals surface area contributed by atoms with E-state index < -0.39 is 10.9 Å². The van der Waals surface area contributed by atoms with Gasteiger partial charge in [0, 0.05) is 6.07 Å². The third-order valence-electron chi connectivity index (χ3n) is 5.79. The Morgan fingerprint density at radius 1 is 0.781 bits per heavy atom. The van der Waals surface area contributed by atoms with Crippen molar-refractivity contribution in [2.75, 3.05) is 13.7 Å². The topological polar surface area (TPSA) is 78.7 Å². The molecule has 0 saturated carbocycles. The highest BCUT2D eigenvalue weighted by Crippen LogP contribution is 2.24. The van der Waals surface area contributed by atoms with Crippen LogP contribution in [0.2, 0.25) is 0 Å². The van der Waals surface area contributed by atoms with Crippen LogP contribution in [-0.4, -0.2) is 24.6 Å². The lowest BCUT2D eigenvalue weighted by atomic mass is 10.0. The van der Waals surface area contributed by atoms with E-state index in [-0.39, 0.29) is 11.3 Å². The normalized spacial score (nSPS) is 10.8. The fraction of sp³-hybridized carbons (Fsp3) is 0.731. The number of nitro benzene ring substituents is 1. The summed E-state index contributed by atoms with van der Waals surface area (Å²) < 4.78 is 10.3. The van der Waals surface area contributed by atoms with E-state index in [4.69, 9.17) is 4.74 Å². The van der Waals surface area contributed by atoms with Gasteiger partial charge in [0.2, 0.25) is 0 Å². The van der Waals surface area contributed by atoms with E-state index in [2.05, 4.69) is 11.7 Å². The lowest BCUT2D eigenvalue weighted by Crippen LogP contribution is -2.04. The zero-order valence-corrected chi connectivity index (χ0v) is 20.2. The van der Waals surface area contributed by atoms with Crippen LogP contribution < -0.4 is 4.74 Å². The second kappa shape index (κ2) is 18.5. The molecule has 182 valence electrons. The quantitative estimate of drug-likeness (QED) is 0.0871. The average molecular weight is 450 g/mol. The highest BCUT2D eigenvalue weighted by molar-refractivity contribution is 5.90. The smallest absolute Gasteiger partial charge is 0.338 e. The highest BCUT2D eigenvalue weighted by Gasteiger charge is 2.15. The predicted molar refractivity (Wildman–Crippen MR) is 129 cm³/mol. The summed E-state index contributed by atoms with van der Waals surface area (Å²) in [5.41, 5.74) is -0.0430. The minimum absolute atomic E-state index is 0.128. The van der Waals surface area contributed by atoms with E-state index in [0.29, 0.717) is 12.4 Å². The number of carbonyl (C=O) groups excluding carboxylic acids is 1. The van der Waals surface area contributed by atoms with Crippen molar-refractivity contribution < 1.29 is 19.2 Å². The number of esters is 1. The Hall–Kier alpha value is -2.11. The van der Waals surface area contributed by atoms with Crippen molar-refractivity contribution >= 4 is 11.7 Å². The summed E-state index contributed by atoms with van der Waals surface area (Å²) >= 11 is 0. The molecule has 0 radical (unpaired) electrons. The van der Waals surface area contributed by atoms with E-state index in [1.807, 2.05) is 0 Å². The number of rotatable bonds is 20. The Kier molecular flexibility index (Phi) is 16.1. The predicted octanol–water partition coefficient (Wildman–Crippen LogP) is 8.02. The van der Waals surface area contributed by atoms with E-state index in [1.165, 1.54) is 115 Å². The minimum Gasteiger partial charge on any atom is -0.493 e. The first-order valence-corrected chi connectivity index (χ1v) is 12.6. The van der Waals surface area contributed by atoms with Crippen LogP contribution in [0, 0.1) is 10.1 Å². The number of carbonyl (C=O) groups is 1. The van der Waals surface area contributed by atoms with Crippen molar-refractivity contribution in [3.8, 4) is 5.75 Å². The van der Waals surface area contributed by atoms with Crippen LogP contribution in [0.3, 0.4) is 0 Å². The summed E-state index contributed by atoms with van der Waals surface area (Å²) in [7, 11) is 1.25. The number of hydrogen-bond donors (Lipinski definition) is 0. The van der Waals surface area contributed by atoms with Gasteiger partial charge in [0.15, 0.2) is 0 Å². The third kappa shape index (κ3) is 13.3. The van der Waals surface area contributed by atoms with Crippen LogP contribution in [0.25, 0.3) is 0 Å². The van der Waals surface area contributed by atoms with Crippen molar-refractivity contribution in [1.82, 2.24) is 0 Å². The fourth-order valence-corrected chi connectivity index (χ4v) is 3.85. The van der Waals surface area contributed by atoms with Gasteiger partial charge in [0.1, 0.15) is 5.75 Å². The third-order valence-corrected chi connectivity index (χ3v) is 5.79. The van der Waals surface area contributed by atoms with Crippen molar-refractivity contribution in [2.24, 2.45) is 0 Å². The first-order valence-electron chi connectivity index (χ1n) is 12.6. The second-order valence-electron chi connectivity index (χ2n) is 8.62. The zero-order chi connectivity index (χ0) is 23.4. The first kappa shape index (κ1) is 27.9. The molecule has 1 aromatic rings. The number of nitrogens with zero attached hydrogens (tertiary/aromatic N) is 1. The van der Waals surface area contributed by atoms with Gasteiger partial charge >= 0.3 is 5.97 Å². The number of hydrogen-bond acceptors (Lipinski definition) is 5. The van der Waals surface area contributed by atoms with Crippen LogP contribution in [0.1, 0.15) is 120 Å². The fourth-order valence-electron chi connectivity index (χ4n) is 3.85. The maximum atomic E-state index is 11.7. The summed E-state index contributed by atoms with van der Waals surface area (Å²) in [6, 6.07) is 4.04. The van der Waals surface area contributed by atoms with Gasteiger partial charge in [-0.15, -0.1) is 0 Å². The van der Waals surface area contributed by atoms with Gasteiger partial charge in [-0.1, -0.05) is 103 Å². The Balaban J connectivity index is 2.01. The molecule has 1 rings (SSSR count). The zero-order valence-electron chi connectivity index (χ0n) is 20.2. The molecule has 0 aliphatic rings. The van der Waals surface area contributed by atoms with Gasteiger partial charge in [-0.25, -0.2) is 4.79 Å². The molecule has 0 fully saturated rings. The van der Waals surface area contributed by atoms with Gasteiger partial charge in [-0.3, -0.25) is 10.1 Å². The van der Waals surface area contributed by atoms with Crippen LogP contribution in [0.15, 0.2) is 18.2 Å². The molecule has 0 N–H and O–H groups in total. The molecule has 0 aromatic heterocycles. The molecule has 6 heteroatoms. The maximum absolute atomic E-state index is 11.7. The second-order valence-corrected chi connectivity index (χ2v) is 8.62. The Bertz CT molecular complexity index is 647. The van der Waals surface area contributed by atoms with Crippen molar-refractivity contribution in [3.63, 3.8) is 0 Å². The molecule has 0 atom stereocenters. The number of nitro groups is 1. The number of methoxy groups -OCH3 is 1. The van der Waals surface area contributed by atoms with Gasteiger partial charge in [0.25, 0.3) is 5.69 Å². The summed E-state index contributed by atoms with van der Waals surface area (Å²) in [5, 5.41) is 11.0. The van der Waals surface area contributed by atoms with E-state index in [9.17, 15) is 14.9 Å². The van der Waals surface area contributed by atoms with Crippen LogP contribution in [-0.2, 0) is 4.74 Å². The van der Waals surface area contributed by atoms with Crippen molar-refractivity contribution in [1.29, 1.82) is 0 Å². The molecule has 0 amide bonds. The van der Waals surface area contributed by atoms with Crippen molar-refractivity contribution in [3.05, 3.63) is 33.9 Å². The molecular formula is C26H43NO5. The van der Waals surface area contributed by atoms with E-state index >= 15 is 0 Å². The minimum atomic E-state index is -0.610. The number of ether oxygens (including phenoxy) is 2. The molecule has 6 nitrogen and oxygen atoms in total. The van der Waals surface area contributed by atoms with Crippen LogP contribution in [0.5, 0.6) is 5.75 Å². The number of non-ortho nitro benzene ring substituents is 1. The average Bonchev–Trinajstić information content (AvgIpc) is 2.80. The van der Waals surface area contributed by atoms with Crippen LogP contribution >= 0.6 is 0 Å². The molecule has 0 aliphatic carbocycles.